The van der Waals surface area contributed by atoms with Crippen LogP contribution in [0, 0.1) is 0 Å². The first kappa shape index (κ1) is 14.0. The van der Waals surface area contributed by atoms with Crippen LogP contribution in [-0.4, -0.2) is 50.6 Å². The van der Waals surface area contributed by atoms with Crippen LogP contribution in [-0.2, 0) is 0 Å². The molecule has 0 aliphatic carbocycles. The molecule has 0 rings (SSSR count). The second-order valence-electron chi connectivity index (χ2n) is 3.33. The van der Waals surface area contributed by atoms with Crippen molar-refractivity contribution in [2.24, 2.45) is 4.99 Å². The van der Waals surface area contributed by atoms with Crippen LogP contribution in [0.1, 0.15) is 13.8 Å². The minimum Gasteiger partial charge on any atom is -0.357 e. The van der Waals surface area contributed by atoms with Gasteiger partial charge in [0.2, 0.25) is 0 Å². The number of hydrogen-bond donors (Lipinski definition) is 2. The zero-order valence-corrected chi connectivity index (χ0v) is 10.2. The Labute approximate surface area is 93.5 Å². The van der Waals surface area contributed by atoms with Crippen LogP contribution in [0.5, 0.6) is 0 Å². The molecule has 2 N–H and O–H groups in total. The topological polar surface area (TPSA) is 39.7 Å². The molecule has 0 unspecified atom stereocenters. The molecule has 0 aromatic rings. The van der Waals surface area contributed by atoms with Gasteiger partial charge in [-0.15, -0.1) is 6.58 Å². The van der Waals surface area contributed by atoms with E-state index < -0.39 is 0 Å². The Bertz CT molecular complexity index is 189. The first-order valence-corrected chi connectivity index (χ1v) is 5.56. The van der Waals surface area contributed by atoms with Crippen molar-refractivity contribution in [2.75, 3.05) is 39.8 Å². The Balaban J connectivity index is 3.87. The lowest BCUT2D eigenvalue weighted by Gasteiger charge is -2.13. The summed E-state index contributed by atoms with van der Waals surface area (Å²) >= 11 is 0. The fourth-order valence-corrected chi connectivity index (χ4v) is 1.00. The van der Waals surface area contributed by atoms with Gasteiger partial charge < -0.3 is 15.5 Å². The standard InChI is InChI=1S/C11H24N4/c1-5-8-13-11(12-6-2)14-9-10-15(4)7-3/h5H,1,6-10H2,2-4H3,(H2,12,13,14). The predicted octanol–water partition coefficient (Wildman–Crippen LogP) is 0.679. The van der Waals surface area contributed by atoms with Crippen LogP contribution in [0.15, 0.2) is 17.6 Å². The van der Waals surface area contributed by atoms with Gasteiger partial charge in [-0.2, -0.15) is 0 Å². The summed E-state index contributed by atoms with van der Waals surface area (Å²) in [5.74, 6) is 0.863. The van der Waals surface area contributed by atoms with E-state index in [4.69, 9.17) is 0 Å². The van der Waals surface area contributed by atoms with Gasteiger partial charge >= 0.3 is 0 Å². The molecule has 0 saturated heterocycles. The van der Waals surface area contributed by atoms with Gasteiger partial charge in [-0.1, -0.05) is 13.0 Å². The number of nitrogens with one attached hydrogen (secondary N) is 2. The van der Waals surface area contributed by atoms with Crippen LogP contribution in [0.3, 0.4) is 0 Å². The first-order valence-electron chi connectivity index (χ1n) is 5.56. The molecule has 0 heterocycles. The number of guanidine groups is 1. The third-order valence-corrected chi connectivity index (χ3v) is 2.05. The molecule has 88 valence electrons. The van der Waals surface area contributed by atoms with Gasteiger partial charge in [-0.3, -0.25) is 4.99 Å². The van der Waals surface area contributed by atoms with Crippen molar-refractivity contribution < 1.29 is 0 Å². The Morgan fingerprint density at radius 2 is 2.13 bits per heavy atom. The molecule has 0 atom stereocenters. The van der Waals surface area contributed by atoms with Gasteiger partial charge in [0, 0.05) is 19.6 Å². The monoisotopic (exact) mass is 212 g/mol. The highest BCUT2D eigenvalue weighted by molar-refractivity contribution is 5.79. The van der Waals surface area contributed by atoms with Crippen molar-refractivity contribution in [3.63, 3.8) is 0 Å². The third kappa shape index (κ3) is 8.00. The number of hydrogen-bond acceptors (Lipinski definition) is 2. The molecule has 0 aliphatic rings. The normalized spacial score (nSPS) is 11.6. The fourth-order valence-electron chi connectivity index (χ4n) is 1.00. The molecule has 0 saturated carbocycles. The summed E-state index contributed by atoms with van der Waals surface area (Å²) < 4.78 is 0. The molecule has 0 spiro atoms. The molecule has 0 aromatic heterocycles. The van der Waals surface area contributed by atoms with E-state index in [0.717, 1.165) is 38.7 Å². The van der Waals surface area contributed by atoms with Gasteiger partial charge in [0.05, 0.1) is 6.54 Å². The lowest BCUT2D eigenvalue weighted by molar-refractivity contribution is 0.363. The summed E-state index contributed by atoms with van der Waals surface area (Å²) in [5, 5.41) is 6.35. The van der Waals surface area contributed by atoms with Gasteiger partial charge in [0.1, 0.15) is 0 Å². The average Bonchev–Trinajstić information content (AvgIpc) is 2.25. The summed E-state index contributed by atoms with van der Waals surface area (Å²) in [6.07, 6.45) is 1.82. The summed E-state index contributed by atoms with van der Waals surface area (Å²) in [6, 6.07) is 0. The van der Waals surface area contributed by atoms with Gasteiger partial charge in [-0.05, 0) is 20.5 Å². The van der Waals surface area contributed by atoms with E-state index in [9.17, 15) is 0 Å². The molecule has 4 heteroatoms. The van der Waals surface area contributed by atoms with E-state index in [1.165, 1.54) is 0 Å². The van der Waals surface area contributed by atoms with Crippen LogP contribution < -0.4 is 10.6 Å². The molecule has 0 amide bonds. The van der Waals surface area contributed by atoms with E-state index in [0.29, 0.717) is 0 Å². The summed E-state index contributed by atoms with van der Waals surface area (Å²) in [4.78, 5) is 6.68. The SMILES string of the molecule is C=CCNC(=NCCN(C)CC)NCC. The van der Waals surface area contributed by atoms with Crippen molar-refractivity contribution in [2.45, 2.75) is 13.8 Å². The number of rotatable bonds is 7. The molecule has 0 aromatic carbocycles. The summed E-state index contributed by atoms with van der Waals surface area (Å²) in [5.41, 5.74) is 0. The zero-order chi connectivity index (χ0) is 11.5. The molecule has 0 fully saturated rings. The maximum atomic E-state index is 4.44. The molecule has 4 nitrogen and oxygen atoms in total. The minimum atomic E-state index is 0.745. The molecule has 0 bridgehead atoms. The van der Waals surface area contributed by atoms with E-state index in [1.54, 1.807) is 0 Å². The van der Waals surface area contributed by atoms with Crippen LogP contribution in [0.2, 0.25) is 0 Å². The maximum absolute atomic E-state index is 4.44. The van der Waals surface area contributed by atoms with Crippen molar-refractivity contribution in [3.8, 4) is 0 Å². The number of likely N-dealkylation sites (N-methyl/N-ethyl adjacent to an activating group) is 1. The van der Waals surface area contributed by atoms with E-state index in [-0.39, 0.29) is 0 Å². The highest BCUT2D eigenvalue weighted by atomic mass is 15.2. The van der Waals surface area contributed by atoms with E-state index in [1.807, 2.05) is 6.08 Å². The first-order chi connectivity index (χ1) is 7.24. The lowest BCUT2D eigenvalue weighted by atomic mass is 10.5. The van der Waals surface area contributed by atoms with Crippen molar-refractivity contribution in [1.29, 1.82) is 0 Å². The van der Waals surface area contributed by atoms with Crippen molar-refractivity contribution in [3.05, 3.63) is 12.7 Å². The van der Waals surface area contributed by atoms with Gasteiger partial charge in [-0.25, -0.2) is 0 Å². The highest BCUT2D eigenvalue weighted by Crippen LogP contribution is 1.81. The highest BCUT2D eigenvalue weighted by Gasteiger charge is 1.95. The molecule has 15 heavy (non-hydrogen) atoms. The number of aliphatic imine (C=N–C) groups is 1. The quantitative estimate of drug-likeness (QED) is 0.370. The Kier molecular flexibility index (Phi) is 8.87. The second-order valence-corrected chi connectivity index (χ2v) is 3.33. The summed E-state index contributed by atoms with van der Waals surface area (Å²) in [7, 11) is 2.10. The van der Waals surface area contributed by atoms with Gasteiger partial charge in [0.15, 0.2) is 5.96 Å². The smallest absolute Gasteiger partial charge is 0.191 e. The maximum Gasteiger partial charge on any atom is 0.191 e. The third-order valence-electron chi connectivity index (χ3n) is 2.05. The van der Waals surface area contributed by atoms with Gasteiger partial charge in [0.25, 0.3) is 0 Å². The molecular weight excluding hydrogens is 188 g/mol. The second kappa shape index (κ2) is 9.52. The zero-order valence-electron chi connectivity index (χ0n) is 10.2. The van der Waals surface area contributed by atoms with Crippen LogP contribution in [0.25, 0.3) is 0 Å². The molecule has 0 aliphatic heterocycles. The minimum absolute atomic E-state index is 0.745. The lowest BCUT2D eigenvalue weighted by Crippen LogP contribution is -2.37. The van der Waals surface area contributed by atoms with Crippen molar-refractivity contribution in [1.82, 2.24) is 15.5 Å². The molecular formula is C11H24N4. The predicted molar refractivity (Wildman–Crippen MR) is 67.3 cm³/mol. The largest absolute Gasteiger partial charge is 0.357 e. The van der Waals surface area contributed by atoms with Crippen LogP contribution in [0.4, 0.5) is 0 Å². The van der Waals surface area contributed by atoms with Crippen LogP contribution >= 0.6 is 0 Å². The Morgan fingerprint density at radius 1 is 1.40 bits per heavy atom. The summed E-state index contributed by atoms with van der Waals surface area (Å²) in [6.45, 7) is 12.4. The Morgan fingerprint density at radius 3 is 2.67 bits per heavy atom. The van der Waals surface area contributed by atoms with E-state index in [2.05, 4.69) is 48.0 Å². The average molecular weight is 212 g/mol. The van der Waals surface area contributed by atoms with Crippen molar-refractivity contribution >= 4 is 5.96 Å². The molecule has 0 radical (unpaired) electrons. The Hall–Kier alpha value is -1.03. The number of nitrogens with zero attached hydrogens (tertiary/aromatic N) is 2. The van der Waals surface area contributed by atoms with E-state index >= 15 is 0 Å². The fraction of sp³-hybridized carbons (Fsp3) is 0.727.